The summed E-state index contributed by atoms with van der Waals surface area (Å²) in [4.78, 5) is 2.42. The minimum absolute atomic E-state index is 1.08. The van der Waals surface area contributed by atoms with Gasteiger partial charge in [-0.3, -0.25) is 0 Å². The van der Waals surface area contributed by atoms with Crippen molar-refractivity contribution in [2.45, 2.75) is 0 Å². The molecule has 60 heavy (non-hydrogen) atoms. The molecule has 0 saturated heterocycles. The van der Waals surface area contributed by atoms with Gasteiger partial charge < -0.3 is 9.47 Å². The monoisotopic (exact) mass is 764 g/mol. The first-order valence-corrected chi connectivity index (χ1v) is 20.6. The van der Waals surface area contributed by atoms with Gasteiger partial charge in [0.15, 0.2) is 0 Å². The van der Waals surface area contributed by atoms with Crippen molar-refractivity contribution >= 4 is 49.6 Å². The highest BCUT2D eigenvalue weighted by molar-refractivity contribution is 6.11. The van der Waals surface area contributed by atoms with Gasteiger partial charge in [0, 0.05) is 33.3 Å². The van der Waals surface area contributed by atoms with Crippen LogP contribution in [0.3, 0.4) is 0 Å². The Bertz CT molecular complexity index is 3290. The zero-order valence-electron chi connectivity index (χ0n) is 33.0. The van der Waals surface area contributed by atoms with Crippen molar-refractivity contribution in [2.24, 2.45) is 0 Å². The predicted molar refractivity (Wildman–Crippen MR) is 255 cm³/mol. The zero-order valence-corrected chi connectivity index (χ0v) is 33.0. The molecule has 1 aromatic heterocycles. The molecule has 2 heteroatoms. The van der Waals surface area contributed by atoms with Gasteiger partial charge in [-0.2, -0.15) is 0 Å². The van der Waals surface area contributed by atoms with Gasteiger partial charge in [-0.1, -0.05) is 200 Å². The maximum atomic E-state index is 2.49. The second kappa shape index (κ2) is 15.1. The first kappa shape index (κ1) is 35.2. The lowest BCUT2D eigenvalue weighted by Crippen LogP contribution is -2.11. The Labute approximate surface area is 350 Å². The molecular weight excluding hydrogens is 725 g/mol. The molecule has 0 amide bonds. The molecule has 11 rings (SSSR count). The molecule has 282 valence electrons. The number of hydrogen-bond donors (Lipinski definition) is 0. The molecule has 0 bridgehead atoms. The minimum Gasteiger partial charge on any atom is -0.310 e. The van der Waals surface area contributed by atoms with E-state index in [9.17, 15) is 0 Å². The highest BCUT2D eigenvalue weighted by atomic mass is 15.1. The van der Waals surface area contributed by atoms with Crippen molar-refractivity contribution < 1.29 is 0 Å². The van der Waals surface area contributed by atoms with E-state index in [1.165, 1.54) is 71.6 Å². The Morgan fingerprint density at radius 2 is 0.817 bits per heavy atom. The second-order valence-electron chi connectivity index (χ2n) is 15.3. The number of hydrogen-bond acceptors (Lipinski definition) is 1. The van der Waals surface area contributed by atoms with Gasteiger partial charge in [-0.05, 0) is 86.6 Å². The normalized spacial score (nSPS) is 11.3. The van der Waals surface area contributed by atoms with Crippen molar-refractivity contribution in [3.05, 3.63) is 243 Å². The Morgan fingerprint density at radius 1 is 0.283 bits per heavy atom. The number of benzene rings is 10. The molecule has 0 aliphatic heterocycles. The molecule has 10 aromatic carbocycles. The summed E-state index contributed by atoms with van der Waals surface area (Å²) in [5.74, 6) is 0. The summed E-state index contributed by atoms with van der Waals surface area (Å²) in [5.41, 5.74) is 16.2. The van der Waals surface area contributed by atoms with Gasteiger partial charge in [0.05, 0.1) is 22.4 Å². The number of aromatic nitrogens is 1. The fraction of sp³-hybridized carbons (Fsp3) is 0. The van der Waals surface area contributed by atoms with Crippen LogP contribution in [0, 0.1) is 0 Å². The first-order valence-electron chi connectivity index (χ1n) is 20.6. The van der Waals surface area contributed by atoms with E-state index < -0.39 is 0 Å². The molecule has 0 radical (unpaired) electrons. The molecule has 0 aliphatic rings. The van der Waals surface area contributed by atoms with E-state index in [0.29, 0.717) is 0 Å². The summed E-state index contributed by atoms with van der Waals surface area (Å²) < 4.78 is 2.49. The third kappa shape index (κ3) is 6.23. The predicted octanol–water partition coefficient (Wildman–Crippen LogP) is 16.1. The Morgan fingerprint density at radius 3 is 1.58 bits per heavy atom. The number of para-hydroxylation sites is 2. The summed E-state index contributed by atoms with van der Waals surface area (Å²) in [6, 6.07) is 88.0. The summed E-state index contributed by atoms with van der Waals surface area (Å²) in [6.45, 7) is 0. The lowest BCUT2D eigenvalue weighted by atomic mass is 9.94. The lowest BCUT2D eigenvalue weighted by Gasteiger charge is -2.28. The second-order valence-corrected chi connectivity index (χ2v) is 15.3. The van der Waals surface area contributed by atoms with Crippen LogP contribution in [0.5, 0.6) is 0 Å². The summed E-state index contributed by atoms with van der Waals surface area (Å²) >= 11 is 0. The fourth-order valence-electron chi connectivity index (χ4n) is 8.97. The molecule has 0 aliphatic carbocycles. The van der Waals surface area contributed by atoms with E-state index in [4.69, 9.17) is 0 Å². The molecule has 0 fully saturated rings. The van der Waals surface area contributed by atoms with Crippen molar-refractivity contribution in [3.8, 4) is 50.2 Å². The zero-order chi connectivity index (χ0) is 39.8. The van der Waals surface area contributed by atoms with Gasteiger partial charge in [-0.25, -0.2) is 0 Å². The molecule has 0 spiro atoms. The van der Waals surface area contributed by atoms with Crippen LogP contribution in [0.2, 0.25) is 0 Å². The van der Waals surface area contributed by atoms with Crippen LogP contribution in [0.1, 0.15) is 0 Å². The van der Waals surface area contributed by atoms with E-state index in [2.05, 4.69) is 252 Å². The number of rotatable bonds is 8. The Hall–Kier alpha value is -7.94. The smallest absolute Gasteiger partial charge is 0.0562 e. The molecule has 1 heterocycles. The van der Waals surface area contributed by atoms with E-state index in [1.54, 1.807) is 0 Å². The third-order valence-electron chi connectivity index (χ3n) is 11.8. The van der Waals surface area contributed by atoms with E-state index in [-0.39, 0.29) is 0 Å². The van der Waals surface area contributed by atoms with Crippen LogP contribution >= 0.6 is 0 Å². The highest BCUT2D eigenvalue weighted by Gasteiger charge is 2.22. The largest absolute Gasteiger partial charge is 0.310 e. The lowest BCUT2D eigenvalue weighted by molar-refractivity contribution is 1.18. The van der Waals surface area contributed by atoms with Gasteiger partial charge in [0.1, 0.15) is 0 Å². The van der Waals surface area contributed by atoms with Gasteiger partial charge >= 0.3 is 0 Å². The average molecular weight is 765 g/mol. The van der Waals surface area contributed by atoms with Crippen LogP contribution < -0.4 is 4.90 Å². The molecule has 0 unspecified atom stereocenters. The Balaban J connectivity index is 1.17. The van der Waals surface area contributed by atoms with E-state index >= 15 is 0 Å². The van der Waals surface area contributed by atoms with Crippen LogP contribution in [0.4, 0.5) is 17.1 Å². The summed E-state index contributed by atoms with van der Waals surface area (Å²) in [6.07, 6.45) is 0. The van der Waals surface area contributed by atoms with Crippen molar-refractivity contribution in [2.75, 3.05) is 4.90 Å². The van der Waals surface area contributed by atoms with Crippen LogP contribution in [0.25, 0.3) is 82.8 Å². The van der Waals surface area contributed by atoms with Crippen LogP contribution in [-0.4, -0.2) is 4.57 Å². The van der Waals surface area contributed by atoms with Crippen LogP contribution in [0.15, 0.2) is 243 Å². The first-order chi connectivity index (χ1) is 29.8. The fourth-order valence-corrected chi connectivity index (χ4v) is 8.97. The summed E-state index contributed by atoms with van der Waals surface area (Å²) in [5, 5.41) is 4.91. The molecule has 2 nitrogen and oxygen atoms in total. The molecule has 0 N–H and O–H groups in total. The number of nitrogens with zero attached hydrogens (tertiary/aromatic N) is 2. The summed E-state index contributed by atoms with van der Waals surface area (Å²) in [7, 11) is 0. The van der Waals surface area contributed by atoms with Gasteiger partial charge in [0.2, 0.25) is 0 Å². The molecule has 11 aromatic rings. The number of anilines is 3. The van der Waals surface area contributed by atoms with E-state index in [0.717, 1.165) is 28.3 Å². The topological polar surface area (TPSA) is 8.17 Å². The minimum atomic E-state index is 1.08. The maximum Gasteiger partial charge on any atom is 0.0562 e. The molecule has 0 saturated carbocycles. The van der Waals surface area contributed by atoms with E-state index in [1.807, 2.05) is 0 Å². The Kier molecular flexibility index (Phi) is 8.87. The maximum absolute atomic E-state index is 2.49. The molecule has 0 atom stereocenters. The average Bonchev–Trinajstić information content (AvgIpc) is 3.66. The van der Waals surface area contributed by atoms with Crippen molar-refractivity contribution in [1.29, 1.82) is 0 Å². The number of fused-ring (bicyclic) bond motifs is 4. The third-order valence-corrected chi connectivity index (χ3v) is 11.8. The molecular formula is C58H40N2. The van der Waals surface area contributed by atoms with Crippen molar-refractivity contribution in [1.82, 2.24) is 4.57 Å². The van der Waals surface area contributed by atoms with Crippen molar-refractivity contribution in [3.63, 3.8) is 0 Å². The highest BCUT2D eigenvalue weighted by Crippen LogP contribution is 2.45. The van der Waals surface area contributed by atoms with Crippen LogP contribution in [-0.2, 0) is 0 Å². The van der Waals surface area contributed by atoms with Gasteiger partial charge in [-0.15, -0.1) is 0 Å². The SMILES string of the molecule is c1ccc(-c2ccc(N(c3ccc4c5ccccc5n(-c5cc(-c6cccc7ccccc67)ccc5-c5ccccc5)c4c3)c3ccccc3-c3ccccc3)cc2)cc1. The standard InChI is InChI=1S/C58H40N2/c1-4-17-41(18-5-1)42-31-34-47(35-32-42)59(55-29-14-12-26-51(55)44-19-6-2-7-20-44)48-36-38-54-53-27-13-15-30-56(53)60(58(54)40-48)57-39-46(33-37-52(57)45-21-8-3-9-22-45)50-28-16-24-43-23-10-11-25-49(43)50/h1-40H. The quantitative estimate of drug-likeness (QED) is 0.150. The van der Waals surface area contributed by atoms with Gasteiger partial charge in [0.25, 0.3) is 0 Å².